The number of halogens is 1. The van der Waals surface area contributed by atoms with Crippen molar-refractivity contribution in [1.29, 1.82) is 0 Å². The molecule has 1 aliphatic heterocycles. The van der Waals surface area contributed by atoms with Crippen molar-refractivity contribution in [3.8, 4) is 17.2 Å². The average Bonchev–Trinajstić information content (AvgIpc) is 3.51. The predicted octanol–water partition coefficient (Wildman–Crippen LogP) is 7.28. The number of carbonyl (C=O) groups is 2. The number of aliphatic hydroxyl groups excluding tert-OH is 1. The highest BCUT2D eigenvalue weighted by atomic mass is 32.1. The second-order valence-electron chi connectivity index (χ2n) is 10.4. The molecule has 0 radical (unpaired) electrons. The first-order valence-electron chi connectivity index (χ1n) is 14.2. The number of thiazole rings is 1. The minimum absolute atomic E-state index is 0.137. The number of carbonyl (C=O) groups excluding carboxylic acids is 2. The predicted molar refractivity (Wildman–Crippen MR) is 165 cm³/mol. The Morgan fingerprint density at radius 2 is 1.72 bits per heavy atom. The number of fused-ring (bicyclic) bond motifs is 1. The standard InChI is InChI=1S/C33H33FN2O6S/c1-5-40-23-12-13-24-27(18-23)43-33(35-24)36-29(21-9-14-25(26(17-21)41-6-2)42-16-15-19(3)4)28(31(38)32(36)39)30(37)20-7-10-22(34)11-8-20/h7-14,17-19,29,37H,5-6,15-16H2,1-4H3. The molecule has 1 aromatic heterocycles. The molecule has 5 rings (SSSR count). The summed E-state index contributed by atoms with van der Waals surface area (Å²) in [7, 11) is 0. The van der Waals surface area contributed by atoms with Crippen molar-refractivity contribution < 1.29 is 33.3 Å². The number of nitrogens with zero attached hydrogens (tertiary/aromatic N) is 2. The maximum absolute atomic E-state index is 13.7. The molecule has 0 bridgehead atoms. The lowest BCUT2D eigenvalue weighted by Crippen LogP contribution is -2.29. The number of aliphatic hydroxyl groups is 1. The van der Waals surface area contributed by atoms with Gasteiger partial charge in [-0.3, -0.25) is 14.5 Å². The Morgan fingerprint density at radius 3 is 2.42 bits per heavy atom. The lowest BCUT2D eigenvalue weighted by atomic mass is 9.95. The largest absolute Gasteiger partial charge is 0.507 e. The number of ketones is 1. The highest BCUT2D eigenvalue weighted by Crippen LogP contribution is 2.46. The summed E-state index contributed by atoms with van der Waals surface area (Å²) >= 11 is 1.23. The van der Waals surface area contributed by atoms with Crippen molar-refractivity contribution in [2.45, 2.75) is 40.2 Å². The van der Waals surface area contributed by atoms with Crippen LogP contribution in [0.5, 0.6) is 17.2 Å². The Morgan fingerprint density at radius 1 is 0.977 bits per heavy atom. The van der Waals surface area contributed by atoms with E-state index in [1.807, 2.05) is 19.9 Å². The normalized spacial score (nSPS) is 16.3. The van der Waals surface area contributed by atoms with Crippen LogP contribution in [0.3, 0.4) is 0 Å². The van der Waals surface area contributed by atoms with Crippen LogP contribution >= 0.6 is 11.3 Å². The minimum Gasteiger partial charge on any atom is -0.507 e. The molecule has 1 fully saturated rings. The van der Waals surface area contributed by atoms with Crippen molar-refractivity contribution in [2.75, 3.05) is 24.7 Å². The second kappa shape index (κ2) is 12.8. The molecule has 10 heteroatoms. The highest BCUT2D eigenvalue weighted by molar-refractivity contribution is 7.22. The van der Waals surface area contributed by atoms with E-state index in [0.717, 1.165) is 11.1 Å². The van der Waals surface area contributed by atoms with Gasteiger partial charge in [-0.25, -0.2) is 9.37 Å². The van der Waals surface area contributed by atoms with Crippen molar-refractivity contribution in [1.82, 2.24) is 4.98 Å². The molecule has 0 aliphatic carbocycles. The molecule has 0 spiro atoms. The second-order valence-corrected chi connectivity index (χ2v) is 11.4. The number of ether oxygens (including phenoxy) is 3. The van der Waals surface area contributed by atoms with Gasteiger partial charge in [0.2, 0.25) is 0 Å². The number of hydrogen-bond acceptors (Lipinski definition) is 8. The summed E-state index contributed by atoms with van der Waals surface area (Å²) in [6.45, 7) is 9.31. The van der Waals surface area contributed by atoms with Crippen molar-refractivity contribution in [3.05, 3.63) is 83.2 Å². The number of hydrogen-bond donors (Lipinski definition) is 1. The third-order valence-corrected chi connectivity index (χ3v) is 7.98. The van der Waals surface area contributed by atoms with Crippen molar-refractivity contribution in [2.24, 2.45) is 5.92 Å². The van der Waals surface area contributed by atoms with E-state index < -0.39 is 29.3 Å². The third-order valence-electron chi connectivity index (χ3n) is 6.96. The molecule has 43 heavy (non-hydrogen) atoms. The van der Waals surface area contributed by atoms with Crippen LogP contribution in [0, 0.1) is 11.7 Å². The number of Topliss-reactive ketones (excluding diaryl/α,β-unsaturated/α-hetero) is 1. The van der Waals surface area contributed by atoms with Gasteiger partial charge in [-0.2, -0.15) is 0 Å². The van der Waals surface area contributed by atoms with Gasteiger partial charge in [-0.15, -0.1) is 0 Å². The molecule has 1 unspecified atom stereocenters. The van der Waals surface area contributed by atoms with Gasteiger partial charge in [0.05, 0.1) is 41.7 Å². The number of benzene rings is 3. The minimum atomic E-state index is -1.04. The molecule has 2 heterocycles. The highest BCUT2D eigenvalue weighted by Gasteiger charge is 2.48. The van der Waals surface area contributed by atoms with Crippen LogP contribution in [0.1, 0.15) is 51.3 Å². The third kappa shape index (κ3) is 6.19. The van der Waals surface area contributed by atoms with E-state index in [1.54, 1.807) is 30.3 Å². The molecule has 4 aromatic rings. The van der Waals surface area contributed by atoms with E-state index in [4.69, 9.17) is 14.2 Å². The van der Waals surface area contributed by atoms with Crippen LogP contribution in [0.2, 0.25) is 0 Å². The zero-order valence-electron chi connectivity index (χ0n) is 24.4. The molecule has 224 valence electrons. The smallest absolute Gasteiger partial charge is 0.301 e. The van der Waals surface area contributed by atoms with Crippen LogP contribution in [0.25, 0.3) is 16.0 Å². The monoisotopic (exact) mass is 604 g/mol. The fourth-order valence-corrected chi connectivity index (χ4v) is 5.87. The van der Waals surface area contributed by atoms with Gasteiger partial charge in [-0.1, -0.05) is 31.3 Å². The van der Waals surface area contributed by atoms with Gasteiger partial charge in [0.25, 0.3) is 5.78 Å². The molecule has 0 saturated carbocycles. The summed E-state index contributed by atoms with van der Waals surface area (Å²) in [5.74, 6) is -0.533. The maximum atomic E-state index is 13.7. The lowest BCUT2D eigenvalue weighted by Gasteiger charge is -2.24. The summed E-state index contributed by atoms with van der Waals surface area (Å²) in [4.78, 5) is 33.3. The van der Waals surface area contributed by atoms with Gasteiger partial charge in [0.15, 0.2) is 16.6 Å². The summed E-state index contributed by atoms with van der Waals surface area (Å²) in [6, 6.07) is 14.7. The van der Waals surface area contributed by atoms with E-state index in [0.29, 0.717) is 54.1 Å². The summed E-state index contributed by atoms with van der Waals surface area (Å²) in [5, 5.41) is 11.7. The SMILES string of the molecule is CCOc1ccc2nc(N3C(=O)C(=O)C(=C(O)c4ccc(F)cc4)C3c3ccc(OCCC(C)C)c(OCC)c3)sc2c1. The Labute approximate surface area is 253 Å². The molecule has 1 amide bonds. The van der Waals surface area contributed by atoms with Gasteiger partial charge >= 0.3 is 5.91 Å². The molecule has 8 nitrogen and oxygen atoms in total. The molecule has 1 N–H and O–H groups in total. The van der Waals surface area contributed by atoms with Crippen LogP contribution < -0.4 is 19.1 Å². The Hall–Kier alpha value is -4.44. The Balaban J connectivity index is 1.66. The number of anilines is 1. The number of rotatable bonds is 11. The van der Waals surface area contributed by atoms with E-state index in [1.165, 1.54) is 40.5 Å². The number of amides is 1. The summed E-state index contributed by atoms with van der Waals surface area (Å²) in [6.07, 6.45) is 0.855. The lowest BCUT2D eigenvalue weighted by molar-refractivity contribution is -0.132. The van der Waals surface area contributed by atoms with E-state index >= 15 is 0 Å². The van der Waals surface area contributed by atoms with E-state index in [-0.39, 0.29) is 16.3 Å². The quantitative estimate of drug-likeness (QED) is 0.109. The molecular weight excluding hydrogens is 571 g/mol. The maximum Gasteiger partial charge on any atom is 0.301 e. The zero-order valence-corrected chi connectivity index (χ0v) is 25.2. The first-order valence-corrected chi connectivity index (χ1v) is 15.0. The molecular formula is C33H33FN2O6S. The molecule has 3 aromatic carbocycles. The first-order chi connectivity index (χ1) is 20.7. The van der Waals surface area contributed by atoms with Gasteiger partial charge in [0.1, 0.15) is 17.3 Å². The van der Waals surface area contributed by atoms with Crippen LogP contribution in [-0.4, -0.2) is 41.6 Å². The summed E-state index contributed by atoms with van der Waals surface area (Å²) < 4.78 is 32.0. The van der Waals surface area contributed by atoms with Gasteiger partial charge in [0, 0.05) is 5.56 Å². The van der Waals surface area contributed by atoms with Crippen molar-refractivity contribution >= 4 is 44.1 Å². The summed E-state index contributed by atoms with van der Waals surface area (Å²) in [5.41, 5.74) is 1.21. The van der Waals surface area contributed by atoms with Gasteiger partial charge in [-0.05, 0) is 86.3 Å². The van der Waals surface area contributed by atoms with E-state index in [9.17, 15) is 19.1 Å². The van der Waals surface area contributed by atoms with Crippen LogP contribution in [0.4, 0.5) is 9.52 Å². The Kier molecular flexibility index (Phi) is 8.96. The molecule has 1 saturated heterocycles. The zero-order chi connectivity index (χ0) is 30.7. The van der Waals surface area contributed by atoms with Crippen LogP contribution in [-0.2, 0) is 9.59 Å². The Bertz CT molecular complexity index is 1680. The average molecular weight is 605 g/mol. The fraction of sp³-hybridized carbons (Fsp3) is 0.303. The van der Waals surface area contributed by atoms with Crippen molar-refractivity contribution in [3.63, 3.8) is 0 Å². The van der Waals surface area contributed by atoms with E-state index in [2.05, 4.69) is 18.8 Å². The molecule has 1 aliphatic rings. The van der Waals surface area contributed by atoms with Crippen LogP contribution in [0.15, 0.2) is 66.2 Å². The van der Waals surface area contributed by atoms with Gasteiger partial charge < -0.3 is 19.3 Å². The topological polar surface area (TPSA) is 98.2 Å². The fourth-order valence-electron chi connectivity index (χ4n) is 4.85. The molecule has 1 atom stereocenters. The first kappa shape index (κ1) is 30.0. The number of aromatic nitrogens is 1.